The van der Waals surface area contributed by atoms with E-state index in [4.69, 9.17) is 24.5 Å². The molecule has 1 amide bonds. The molecule has 2 aliphatic rings. The van der Waals surface area contributed by atoms with Crippen LogP contribution in [0.1, 0.15) is 20.8 Å². The molecular weight excluding hydrogens is 308 g/mol. The van der Waals surface area contributed by atoms with Crippen molar-refractivity contribution in [3.63, 3.8) is 0 Å². The van der Waals surface area contributed by atoms with E-state index in [1.807, 2.05) is 0 Å². The van der Waals surface area contributed by atoms with Crippen molar-refractivity contribution in [1.29, 1.82) is 0 Å². The maximum absolute atomic E-state index is 11.4. The second-order valence-electron chi connectivity index (χ2n) is 5.88. The van der Waals surface area contributed by atoms with Gasteiger partial charge >= 0.3 is 0 Å². The van der Waals surface area contributed by atoms with E-state index >= 15 is 0 Å². The summed E-state index contributed by atoms with van der Waals surface area (Å²) in [6.07, 6.45) is -3.08. The van der Waals surface area contributed by atoms with Crippen LogP contribution in [0.2, 0.25) is 0 Å². The number of fused-ring (bicyclic) bond motifs is 1. The van der Waals surface area contributed by atoms with Crippen molar-refractivity contribution in [3.8, 4) is 0 Å². The highest BCUT2D eigenvalue weighted by atomic mass is 16.8. The molecule has 10 nitrogen and oxygen atoms in total. The number of rotatable bonds is 5. The molecule has 2 heterocycles. The molecule has 0 radical (unpaired) electrons. The van der Waals surface area contributed by atoms with E-state index in [0.717, 1.165) is 0 Å². The molecule has 5 atom stereocenters. The molecule has 2 saturated heterocycles. The van der Waals surface area contributed by atoms with E-state index < -0.39 is 36.4 Å². The zero-order valence-corrected chi connectivity index (χ0v) is 13.3. The highest BCUT2D eigenvalue weighted by Crippen LogP contribution is 2.32. The summed E-state index contributed by atoms with van der Waals surface area (Å²) in [4.78, 5) is 14.0. The third-order valence-electron chi connectivity index (χ3n) is 3.59. The molecule has 130 valence electrons. The Bertz CT molecular complexity index is 481. The molecule has 0 aromatic rings. The van der Waals surface area contributed by atoms with Gasteiger partial charge in [-0.1, -0.05) is 5.11 Å². The molecule has 0 saturated carbocycles. The Balaban J connectivity index is 2.08. The number of carbonyl (C=O) groups is 1. The van der Waals surface area contributed by atoms with Gasteiger partial charge in [0.2, 0.25) is 5.91 Å². The molecule has 0 aliphatic carbocycles. The maximum atomic E-state index is 11.4. The number of hydrogen-bond acceptors (Lipinski definition) is 7. The Morgan fingerprint density at radius 3 is 2.96 bits per heavy atom. The molecule has 2 rings (SSSR count). The number of ether oxygens (including phenoxy) is 4. The second-order valence-corrected chi connectivity index (χ2v) is 5.88. The van der Waals surface area contributed by atoms with Gasteiger partial charge in [-0.25, -0.2) is 0 Å². The Hall–Kier alpha value is -1.42. The Labute approximate surface area is 133 Å². The van der Waals surface area contributed by atoms with Crippen molar-refractivity contribution >= 4 is 5.91 Å². The average Bonchev–Trinajstić information content (AvgIpc) is 2.47. The number of nitrogens with one attached hydrogen (secondary N) is 1. The molecule has 2 aliphatic heterocycles. The lowest BCUT2D eigenvalue weighted by Crippen LogP contribution is -2.68. The minimum absolute atomic E-state index is 0.0993. The van der Waals surface area contributed by atoms with E-state index in [2.05, 4.69) is 15.3 Å². The quantitative estimate of drug-likeness (QED) is 0.316. The molecule has 2 unspecified atom stereocenters. The van der Waals surface area contributed by atoms with E-state index in [0.29, 0.717) is 0 Å². The highest BCUT2D eigenvalue weighted by Gasteiger charge is 2.51. The molecule has 2 fully saturated rings. The van der Waals surface area contributed by atoms with Gasteiger partial charge in [-0.05, 0) is 19.4 Å². The number of hydrogen-bond donors (Lipinski definition) is 2. The predicted molar refractivity (Wildman–Crippen MR) is 77.1 cm³/mol. The van der Waals surface area contributed by atoms with Crippen LogP contribution < -0.4 is 5.32 Å². The number of amides is 1. The molecule has 0 spiro atoms. The number of aliphatic hydroxyl groups is 1. The highest BCUT2D eigenvalue weighted by molar-refractivity contribution is 5.73. The standard InChI is InChI=1S/C13H22N4O6/c1-7(18)16-9-10(19)11-8(6-21-13(2,3)23-11)22-12(9)20-5-4-15-17-14/h8-12,19H,4-6H2,1-3H3,(H,16,18)/t8?,9?,10-,11+,12+/m0/s1. The topological polar surface area (TPSA) is 135 Å². The summed E-state index contributed by atoms with van der Waals surface area (Å²) in [6.45, 7) is 5.27. The van der Waals surface area contributed by atoms with Gasteiger partial charge in [-0.15, -0.1) is 0 Å². The van der Waals surface area contributed by atoms with E-state index in [-0.39, 0.29) is 25.7 Å². The lowest BCUT2D eigenvalue weighted by molar-refractivity contribution is -0.368. The van der Waals surface area contributed by atoms with Gasteiger partial charge in [0.05, 0.1) is 13.2 Å². The first-order valence-corrected chi connectivity index (χ1v) is 7.39. The lowest BCUT2D eigenvalue weighted by atomic mass is 9.95. The first-order valence-electron chi connectivity index (χ1n) is 7.39. The molecule has 10 heteroatoms. The van der Waals surface area contributed by atoms with E-state index in [1.54, 1.807) is 13.8 Å². The summed E-state index contributed by atoms with van der Waals surface area (Å²) in [6, 6.07) is -0.797. The summed E-state index contributed by atoms with van der Waals surface area (Å²) >= 11 is 0. The molecule has 0 aromatic heterocycles. The van der Waals surface area contributed by atoms with Crippen molar-refractivity contribution in [3.05, 3.63) is 10.4 Å². The van der Waals surface area contributed by atoms with Gasteiger partial charge in [0, 0.05) is 18.4 Å². The van der Waals surface area contributed by atoms with Gasteiger partial charge in [0.15, 0.2) is 12.1 Å². The third kappa shape index (κ3) is 4.54. The lowest BCUT2D eigenvalue weighted by Gasteiger charge is -2.49. The maximum Gasteiger partial charge on any atom is 0.217 e. The predicted octanol–water partition coefficient (Wildman–Crippen LogP) is 0.0553. The normalized spacial score (nSPS) is 35.7. The van der Waals surface area contributed by atoms with Gasteiger partial charge in [0.1, 0.15) is 24.4 Å². The zero-order valence-electron chi connectivity index (χ0n) is 13.3. The van der Waals surface area contributed by atoms with Crippen LogP contribution >= 0.6 is 0 Å². The minimum Gasteiger partial charge on any atom is -0.388 e. The Morgan fingerprint density at radius 2 is 2.30 bits per heavy atom. The fourth-order valence-corrected chi connectivity index (χ4v) is 2.63. The summed E-state index contributed by atoms with van der Waals surface area (Å²) < 4.78 is 22.5. The summed E-state index contributed by atoms with van der Waals surface area (Å²) in [5.74, 6) is -1.17. The van der Waals surface area contributed by atoms with E-state index in [1.165, 1.54) is 6.92 Å². The molecular formula is C13H22N4O6. The fraction of sp³-hybridized carbons (Fsp3) is 0.923. The van der Waals surface area contributed by atoms with E-state index in [9.17, 15) is 9.90 Å². The first kappa shape index (κ1) is 17.9. The van der Waals surface area contributed by atoms with Crippen LogP contribution in [0, 0.1) is 0 Å². The average molecular weight is 330 g/mol. The van der Waals surface area contributed by atoms with Gasteiger partial charge in [0.25, 0.3) is 0 Å². The molecule has 2 N–H and O–H groups in total. The fourth-order valence-electron chi connectivity index (χ4n) is 2.63. The SMILES string of the molecule is CC(=O)NC1[C@H](OCCN=[N+]=[N-])OC2COC(C)(C)O[C@H]2[C@H]1O. The minimum atomic E-state index is -1.02. The van der Waals surface area contributed by atoms with Crippen molar-refractivity contribution in [1.82, 2.24) is 5.32 Å². The van der Waals surface area contributed by atoms with Crippen LogP contribution in [0.5, 0.6) is 0 Å². The van der Waals surface area contributed by atoms with Crippen LogP contribution in [0.15, 0.2) is 5.11 Å². The Morgan fingerprint density at radius 1 is 1.57 bits per heavy atom. The molecule has 0 aromatic carbocycles. The van der Waals surface area contributed by atoms with Crippen LogP contribution in [0.4, 0.5) is 0 Å². The smallest absolute Gasteiger partial charge is 0.217 e. The van der Waals surface area contributed by atoms with Gasteiger partial charge in [-0.3, -0.25) is 4.79 Å². The van der Waals surface area contributed by atoms with Crippen molar-refractivity contribution in [2.75, 3.05) is 19.8 Å². The molecule has 0 bridgehead atoms. The number of azide groups is 1. The monoisotopic (exact) mass is 330 g/mol. The largest absolute Gasteiger partial charge is 0.388 e. The first-order chi connectivity index (χ1) is 10.8. The number of carbonyl (C=O) groups excluding carboxylic acids is 1. The van der Waals surface area contributed by atoms with Crippen LogP contribution in [-0.2, 0) is 23.7 Å². The number of aliphatic hydroxyl groups excluding tert-OH is 1. The van der Waals surface area contributed by atoms with Crippen LogP contribution in [0.3, 0.4) is 0 Å². The molecule has 23 heavy (non-hydrogen) atoms. The zero-order chi connectivity index (χ0) is 17.0. The van der Waals surface area contributed by atoms with Crippen molar-refractivity contribution in [2.24, 2.45) is 5.11 Å². The van der Waals surface area contributed by atoms with Crippen molar-refractivity contribution in [2.45, 2.75) is 57.2 Å². The summed E-state index contributed by atoms with van der Waals surface area (Å²) in [7, 11) is 0. The van der Waals surface area contributed by atoms with Crippen LogP contribution in [-0.4, -0.2) is 67.2 Å². The van der Waals surface area contributed by atoms with Gasteiger partial charge in [-0.2, -0.15) is 0 Å². The van der Waals surface area contributed by atoms with Crippen LogP contribution in [0.25, 0.3) is 10.4 Å². The second kappa shape index (κ2) is 7.43. The van der Waals surface area contributed by atoms with Crippen molar-refractivity contribution < 1.29 is 28.8 Å². The summed E-state index contributed by atoms with van der Waals surface area (Å²) in [5.41, 5.74) is 8.26. The number of nitrogens with zero attached hydrogens (tertiary/aromatic N) is 3. The van der Waals surface area contributed by atoms with Gasteiger partial charge < -0.3 is 29.4 Å². The Kier molecular flexibility index (Phi) is 5.79. The summed E-state index contributed by atoms with van der Waals surface area (Å²) in [5, 5.41) is 16.6. The third-order valence-corrected chi connectivity index (χ3v) is 3.59.